The molecule has 3 nitrogen and oxygen atoms in total. The molecule has 4 heteroatoms. The fourth-order valence-electron chi connectivity index (χ4n) is 1.61. The first-order valence-corrected chi connectivity index (χ1v) is 7.01. The number of benzene rings is 1. The van der Waals surface area contributed by atoms with E-state index >= 15 is 0 Å². The fraction of sp³-hybridized carbons (Fsp3) is 0.214. The van der Waals surface area contributed by atoms with Gasteiger partial charge >= 0.3 is 0 Å². The van der Waals surface area contributed by atoms with Gasteiger partial charge in [0.2, 0.25) is 0 Å². The highest BCUT2D eigenvalue weighted by Gasteiger charge is 1.99. The molecule has 0 radical (unpaired) electrons. The summed E-state index contributed by atoms with van der Waals surface area (Å²) >= 11 is 1.75. The van der Waals surface area contributed by atoms with Crippen molar-refractivity contribution in [2.75, 3.05) is 17.3 Å². The molecule has 0 bridgehead atoms. The van der Waals surface area contributed by atoms with Gasteiger partial charge in [-0.1, -0.05) is 12.1 Å². The maximum absolute atomic E-state index is 5.74. The molecule has 0 aliphatic rings. The summed E-state index contributed by atoms with van der Waals surface area (Å²) in [5.74, 6) is 0.857. The summed E-state index contributed by atoms with van der Waals surface area (Å²) in [6.07, 6.45) is 2.08. The summed E-state index contributed by atoms with van der Waals surface area (Å²) in [6, 6.07) is 12.3. The number of pyridine rings is 1. The van der Waals surface area contributed by atoms with Crippen molar-refractivity contribution in [3.8, 4) is 0 Å². The molecule has 0 aliphatic carbocycles. The molecule has 0 fully saturated rings. The van der Waals surface area contributed by atoms with E-state index in [4.69, 9.17) is 5.73 Å². The number of rotatable bonds is 4. The standard InChI is InChI=1S/C14H17N3S/c1-10-13(15)7-8-14(17-10)16-9-11-3-5-12(18-2)6-4-11/h3-8H,9,15H2,1-2H3,(H,16,17). The Morgan fingerprint density at radius 2 is 1.89 bits per heavy atom. The van der Waals surface area contributed by atoms with Crippen LogP contribution in [-0.2, 0) is 6.54 Å². The molecule has 0 saturated heterocycles. The summed E-state index contributed by atoms with van der Waals surface area (Å²) in [5, 5.41) is 3.29. The smallest absolute Gasteiger partial charge is 0.126 e. The van der Waals surface area contributed by atoms with E-state index in [0.29, 0.717) is 0 Å². The number of hydrogen-bond donors (Lipinski definition) is 2. The Morgan fingerprint density at radius 3 is 2.50 bits per heavy atom. The Bertz CT molecular complexity index is 523. The van der Waals surface area contributed by atoms with Crippen LogP contribution in [-0.4, -0.2) is 11.2 Å². The van der Waals surface area contributed by atoms with Crippen molar-refractivity contribution < 1.29 is 0 Å². The number of hydrogen-bond acceptors (Lipinski definition) is 4. The van der Waals surface area contributed by atoms with E-state index in [0.717, 1.165) is 23.7 Å². The van der Waals surface area contributed by atoms with Crippen LogP contribution in [0.2, 0.25) is 0 Å². The zero-order valence-corrected chi connectivity index (χ0v) is 11.4. The van der Waals surface area contributed by atoms with E-state index in [2.05, 4.69) is 40.8 Å². The minimum Gasteiger partial charge on any atom is -0.397 e. The van der Waals surface area contributed by atoms with Gasteiger partial charge in [-0.3, -0.25) is 0 Å². The lowest BCUT2D eigenvalue weighted by atomic mass is 10.2. The van der Waals surface area contributed by atoms with Gasteiger partial charge in [0, 0.05) is 11.4 Å². The average molecular weight is 259 g/mol. The molecule has 1 aromatic carbocycles. The Hall–Kier alpha value is -1.68. The minimum absolute atomic E-state index is 0.727. The van der Waals surface area contributed by atoms with E-state index in [1.165, 1.54) is 10.5 Å². The predicted molar refractivity (Wildman–Crippen MR) is 78.9 cm³/mol. The van der Waals surface area contributed by atoms with Gasteiger partial charge in [-0.25, -0.2) is 4.98 Å². The molecule has 2 aromatic rings. The third-order valence-corrected chi connectivity index (χ3v) is 3.50. The lowest BCUT2D eigenvalue weighted by Gasteiger charge is -2.08. The molecule has 2 rings (SSSR count). The molecule has 0 saturated carbocycles. The molecule has 94 valence electrons. The van der Waals surface area contributed by atoms with E-state index < -0.39 is 0 Å². The van der Waals surface area contributed by atoms with Crippen molar-refractivity contribution >= 4 is 23.3 Å². The van der Waals surface area contributed by atoms with Crippen molar-refractivity contribution in [2.45, 2.75) is 18.4 Å². The third-order valence-electron chi connectivity index (χ3n) is 2.76. The summed E-state index contributed by atoms with van der Waals surface area (Å²) in [5.41, 5.74) is 8.56. The lowest BCUT2D eigenvalue weighted by Crippen LogP contribution is -2.03. The highest BCUT2D eigenvalue weighted by atomic mass is 32.2. The normalized spacial score (nSPS) is 10.3. The van der Waals surface area contributed by atoms with Crippen molar-refractivity contribution in [3.05, 3.63) is 47.7 Å². The molecular weight excluding hydrogens is 242 g/mol. The molecule has 0 atom stereocenters. The summed E-state index contributed by atoms with van der Waals surface area (Å²) in [6.45, 7) is 2.68. The van der Waals surface area contributed by atoms with Gasteiger partial charge < -0.3 is 11.1 Å². The van der Waals surface area contributed by atoms with Crippen LogP contribution in [0.4, 0.5) is 11.5 Å². The Balaban J connectivity index is 1.99. The van der Waals surface area contributed by atoms with Crippen LogP contribution < -0.4 is 11.1 Å². The van der Waals surface area contributed by atoms with E-state index in [1.807, 2.05) is 19.1 Å². The second-order valence-electron chi connectivity index (χ2n) is 4.07. The molecule has 18 heavy (non-hydrogen) atoms. The van der Waals surface area contributed by atoms with Gasteiger partial charge in [0.05, 0.1) is 11.4 Å². The van der Waals surface area contributed by atoms with Crippen LogP contribution in [0.25, 0.3) is 0 Å². The third kappa shape index (κ3) is 3.17. The Morgan fingerprint density at radius 1 is 1.17 bits per heavy atom. The second-order valence-corrected chi connectivity index (χ2v) is 4.95. The number of nitrogens with two attached hydrogens (primary N) is 1. The van der Waals surface area contributed by atoms with Gasteiger partial charge in [-0.2, -0.15) is 0 Å². The number of thioether (sulfide) groups is 1. The first-order chi connectivity index (χ1) is 8.69. The second kappa shape index (κ2) is 5.78. The largest absolute Gasteiger partial charge is 0.397 e. The SMILES string of the molecule is CSc1ccc(CNc2ccc(N)c(C)n2)cc1. The number of nitrogens with one attached hydrogen (secondary N) is 1. The quantitative estimate of drug-likeness (QED) is 0.827. The number of aromatic nitrogens is 1. The van der Waals surface area contributed by atoms with Crippen molar-refractivity contribution in [1.82, 2.24) is 4.98 Å². The van der Waals surface area contributed by atoms with Crippen LogP contribution >= 0.6 is 11.8 Å². The van der Waals surface area contributed by atoms with Crippen molar-refractivity contribution in [2.24, 2.45) is 0 Å². The van der Waals surface area contributed by atoms with Gasteiger partial charge in [-0.05, 0) is 43.0 Å². The molecule has 1 aromatic heterocycles. The average Bonchev–Trinajstić information content (AvgIpc) is 2.41. The Labute approximate surface area is 112 Å². The Kier molecular flexibility index (Phi) is 4.10. The zero-order chi connectivity index (χ0) is 13.0. The van der Waals surface area contributed by atoms with Gasteiger partial charge in [0.15, 0.2) is 0 Å². The topological polar surface area (TPSA) is 50.9 Å². The summed E-state index contributed by atoms with van der Waals surface area (Å²) < 4.78 is 0. The summed E-state index contributed by atoms with van der Waals surface area (Å²) in [4.78, 5) is 5.66. The molecular formula is C14H17N3S. The zero-order valence-electron chi connectivity index (χ0n) is 10.6. The molecule has 0 spiro atoms. The number of anilines is 2. The lowest BCUT2D eigenvalue weighted by molar-refractivity contribution is 1.09. The first-order valence-electron chi connectivity index (χ1n) is 5.79. The van der Waals surface area contributed by atoms with Crippen LogP contribution in [0.3, 0.4) is 0 Å². The monoisotopic (exact) mass is 259 g/mol. The van der Waals surface area contributed by atoms with Gasteiger partial charge in [0.1, 0.15) is 5.82 Å². The van der Waals surface area contributed by atoms with Crippen LogP contribution in [0.1, 0.15) is 11.3 Å². The van der Waals surface area contributed by atoms with E-state index in [-0.39, 0.29) is 0 Å². The van der Waals surface area contributed by atoms with Gasteiger partial charge in [0.25, 0.3) is 0 Å². The van der Waals surface area contributed by atoms with Gasteiger partial charge in [-0.15, -0.1) is 11.8 Å². The fourth-order valence-corrected chi connectivity index (χ4v) is 2.01. The maximum atomic E-state index is 5.74. The van der Waals surface area contributed by atoms with Crippen molar-refractivity contribution in [3.63, 3.8) is 0 Å². The van der Waals surface area contributed by atoms with Crippen LogP contribution in [0, 0.1) is 6.92 Å². The minimum atomic E-state index is 0.727. The van der Waals surface area contributed by atoms with Crippen molar-refractivity contribution in [1.29, 1.82) is 0 Å². The van der Waals surface area contributed by atoms with Crippen LogP contribution in [0.5, 0.6) is 0 Å². The van der Waals surface area contributed by atoms with E-state index in [1.54, 1.807) is 11.8 Å². The van der Waals surface area contributed by atoms with Crippen LogP contribution in [0.15, 0.2) is 41.3 Å². The molecule has 0 amide bonds. The number of aryl methyl sites for hydroxylation is 1. The number of nitrogens with zero attached hydrogens (tertiary/aromatic N) is 1. The molecule has 0 unspecified atom stereocenters. The maximum Gasteiger partial charge on any atom is 0.126 e. The molecule has 0 aliphatic heterocycles. The highest BCUT2D eigenvalue weighted by molar-refractivity contribution is 7.98. The van der Waals surface area contributed by atoms with E-state index in [9.17, 15) is 0 Å². The number of nitrogen functional groups attached to an aromatic ring is 1. The summed E-state index contributed by atoms with van der Waals surface area (Å²) in [7, 11) is 0. The molecule has 1 heterocycles. The molecule has 3 N–H and O–H groups in total. The first kappa shape index (κ1) is 12.8. The predicted octanol–water partition coefficient (Wildman–Crippen LogP) is 3.31. The highest BCUT2D eigenvalue weighted by Crippen LogP contribution is 2.16.